The number of hydroxylamine groups is 2. The van der Waals surface area contributed by atoms with E-state index < -0.39 is 11.8 Å². The highest BCUT2D eigenvalue weighted by atomic mass is 16.7. The van der Waals surface area contributed by atoms with Crippen LogP contribution in [0.5, 0.6) is 0 Å². The van der Waals surface area contributed by atoms with Crippen molar-refractivity contribution in [2.75, 3.05) is 26.4 Å². The van der Waals surface area contributed by atoms with Crippen LogP contribution in [0, 0.1) is 0 Å². The first kappa shape index (κ1) is 10.8. The zero-order chi connectivity index (χ0) is 10.4. The van der Waals surface area contributed by atoms with Crippen LogP contribution in [0.3, 0.4) is 0 Å². The quantitative estimate of drug-likeness (QED) is 0.431. The molecule has 0 aromatic carbocycles. The second-order valence-electron chi connectivity index (χ2n) is 2.54. The summed E-state index contributed by atoms with van der Waals surface area (Å²) in [5.41, 5.74) is 5.18. The Labute approximate surface area is 81.2 Å². The summed E-state index contributed by atoms with van der Waals surface area (Å²) in [5, 5.41) is 0.700. The lowest BCUT2D eigenvalue weighted by Gasteiger charge is -2.12. The number of amides is 2. The molecular formula is C8H12N2O4. The Morgan fingerprint density at radius 1 is 1.14 bits per heavy atom. The van der Waals surface area contributed by atoms with Crippen LogP contribution in [0.1, 0.15) is 0 Å². The monoisotopic (exact) mass is 200 g/mol. The second kappa shape index (κ2) is 5.48. The summed E-state index contributed by atoms with van der Waals surface area (Å²) in [4.78, 5) is 26.8. The molecule has 0 atom stereocenters. The molecular weight excluding hydrogens is 188 g/mol. The van der Waals surface area contributed by atoms with E-state index in [2.05, 4.69) is 0 Å². The SMILES string of the molecule is NCCOCCON1C(=O)C=CC1=O. The van der Waals surface area contributed by atoms with E-state index in [1.165, 1.54) is 0 Å². The summed E-state index contributed by atoms with van der Waals surface area (Å²) >= 11 is 0. The molecule has 0 saturated heterocycles. The molecule has 0 saturated carbocycles. The highest BCUT2D eigenvalue weighted by molar-refractivity contribution is 6.11. The first-order valence-electron chi connectivity index (χ1n) is 4.22. The van der Waals surface area contributed by atoms with Gasteiger partial charge in [-0.3, -0.25) is 14.4 Å². The smallest absolute Gasteiger partial charge is 0.277 e. The minimum absolute atomic E-state index is 0.152. The van der Waals surface area contributed by atoms with Crippen molar-refractivity contribution in [3.05, 3.63) is 12.2 Å². The van der Waals surface area contributed by atoms with Gasteiger partial charge in [0.1, 0.15) is 0 Å². The van der Waals surface area contributed by atoms with Crippen LogP contribution in [-0.4, -0.2) is 43.2 Å². The van der Waals surface area contributed by atoms with Gasteiger partial charge in [-0.15, -0.1) is 5.06 Å². The van der Waals surface area contributed by atoms with Crippen LogP contribution >= 0.6 is 0 Å². The number of nitrogens with zero attached hydrogens (tertiary/aromatic N) is 1. The maximum Gasteiger partial charge on any atom is 0.277 e. The van der Waals surface area contributed by atoms with Crippen LogP contribution in [0.15, 0.2) is 12.2 Å². The van der Waals surface area contributed by atoms with Gasteiger partial charge in [0.2, 0.25) is 0 Å². The van der Waals surface area contributed by atoms with E-state index in [-0.39, 0.29) is 6.61 Å². The minimum atomic E-state index is -0.464. The van der Waals surface area contributed by atoms with Gasteiger partial charge in [0.05, 0.1) is 19.8 Å². The number of hydrogen-bond acceptors (Lipinski definition) is 5. The third-order valence-corrected chi connectivity index (χ3v) is 1.48. The van der Waals surface area contributed by atoms with Gasteiger partial charge < -0.3 is 10.5 Å². The van der Waals surface area contributed by atoms with E-state index in [0.29, 0.717) is 24.8 Å². The van der Waals surface area contributed by atoms with E-state index in [9.17, 15) is 9.59 Å². The van der Waals surface area contributed by atoms with Gasteiger partial charge in [-0.1, -0.05) is 0 Å². The molecule has 0 radical (unpaired) electrons. The number of carbonyl (C=O) groups is 2. The maximum absolute atomic E-state index is 10.9. The lowest BCUT2D eigenvalue weighted by molar-refractivity contribution is -0.188. The fraction of sp³-hybridized carbons (Fsp3) is 0.500. The third kappa shape index (κ3) is 2.91. The van der Waals surface area contributed by atoms with Crippen LogP contribution < -0.4 is 5.73 Å². The van der Waals surface area contributed by atoms with Crippen molar-refractivity contribution in [2.24, 2.45) is 5.73 Å². The lowest BCUT2D eigenvalue weighted by Crippen LogP contribution is -2.31. The molecule has 1 rings (SSSR count). The Morgan fingerprint density at radius 2 is 1.79 bits per heavy atom. The van der Waals surface area contributed by atoms with E-state index in [0.717, 1.165) is 12.2 Å². The molecule has 14 heavy (non-hydrogen) atoms. The zero-order valence-corrected chi connectivity index (χ0v) is 7.64. The molecule has 0 aromatic heterocycles. The summed E-state index contributed by atoms with van der Waals surface area (Å²) < 4.78 is 4.99. The number of carbonyl (C=O) groups excluding carboxylic acids is 2. The molecule has 1 aliphatic heterocycles. The topological polar surface area (TPSA) is 81.9 Å². The largest absolute Gasteiger partial charge is 0.378 e. The molecule has 0 unspecified atom stereocenters. The first-order chi connectivity index (χ1) is 6.75. The number of hydrogen-bond donors (Lipinski definition) is 1. The summed E-state index contributed by atoms with van der Waals surface area (Å²) in [5.74, 6) is -0.928. The van der Waals surface area contributed by atoms with Crippen molar-refractivity contribution >= 4 is 11.8 Å². The molecule has 0 bridgehead atoms. The molecule has 6 heteroatoms. The Hall–Kier alpha value is -1.24. The van der Waals surface area contributed by atoms with Crippen molar-refractivity contribution in [3.63, 3.8) is 0 Å². The normalized spacial score (nSPS) is 15.6. The molecule has 1 heterocycles. The second-order valence-corrected chi connectivity index (χ2v) is 2.54. The molecule has 6 nitrogen and oxygen atoms in total. The fourth-order valence-corrected chi connectivity index (χ4v) is 0.887. The molecule has 2 N–H and O–H groups in total. The summed E-state index contributed by atoms with van der Waals surface area (Å²) in [7, 11) is 0. The highest BCUT2D eigenvalue weighted by Gasteiger charge is 2.24. The first-order valence-corrected chi connectivity index (χ1v) is 4.22. The van der Waals surface area contributed by atoms with Gasteiger partial charge in [0, 0.05) is 18.7 Å². The average Bonchev–Trinajstić information content (AvgIpc) is 2.48. The third-order valence-electron chi connectivity index (χ3n) is 1.48. The van der Waals surface area contributed by atoms with Crippen LogP contribution in [0.4, 0.5) is 0 Å². The molecule has 0 spiro atoms. The number of ether oxygens (including phenoxy) is 1. The Balaban J connectivity index is 2.13. The minimum Gasteiger partial charge on any atom is -0.378 e. The van der Waals surface area contributed by atoms with Gasteiger partial charge in [-0.2, -0.15) is 0 Å². The van der Waals surface area contributed by atoms with Gasteiger partial charge in [-0.05, 0) is 0 Å². The van der Waals surface area contributed by atoms with Crippen molar-refractivity contribution in [1.82, 2.24) is 5.06 Å². The molecule has 2 amide bonds. The van der Waals surface area contributed by atoms with Crippen LogP contribution in [0.2, 0.25) is 0 Å². The lowest BCUT2D eigenvalue weighted by atomic mass is 10.6. The van der Waals surface area contributed by atoms with Crippen molar-refractivity contribution < 1.29 is 19.2 Å². The molecule has 0 fully saturated rings. The van der Waals surface area contributed by atoms with E-state index in [1.807, 2.05) is 0 Å². The van der Waals surface area contributed by atoms with Crippen molar-refractivity contribution in [2.45, 2.75) is 0 Å². The highest BCUT2D eigenvalue weighted by Crippen LogP contribution is 2.03. The van der Waals surface area contributed by atoms with Gasteiger partial charge in [0.25, 0.3) is 11.8 Å². The zero-order valence-electron chi connectivity index (χ0n) is 7.64. The number of rotatable bonds is 6. The molecule has 0 aromatic rings. The van der Waals surface area contributed by atoms with E-state index in [4.69, 9.17) is 15.3 Å². The number of imide groups is 1. The predicted octanol–water partition coefficient (Wildman–Crippen LogP) is -1.18. The van der Waals surface area contributed by atoms with Crippen LogP contribution in [-0.2, 0) is 19.2 Å². The standard InChI is InChI=1S/C8H12N2O4/c9-3-4-13-5-6-14-10-7(11)1-2-8(10)12/h1-2H,3-6,9H2. The summed E-state index contributed by atoms with van der Waals surface area (Å²) in [6, 6.07) is 0. The van der Waals surface area contributed by atoms with Gasteiger partial charge in [-0.25, -0.2) is 0 Å². The molecule has 1 aliphatic rings. The van der Waals surface area contributed by atoms with Crippen LogP contribution in [0.25, 0.3) is 0 Å². The summed E-state index contributed by atoms with van der Waals surface area (Å²) in [6.07, 6.45) is 2.31. The van der Waals surface area contributed by atoms with Crippen molar-refractivity contribution in [3.8, 4) is 0 Å². The molecule has 0 aliphatic carbocycles. The van der Waals surface area contributed by atoms with E-state index in [1.54, 1.807) is 0 Å². The summed E-state index contributed by atoms with van der Waals surface area (Å²) in [6.45, 7) is 1.32. The Bertz CT molecular complexity index is 234. The van der Waals surface area contributed by atoms with Crippen molar-refractivity contribution in [1.29, 1.82) is 0 Å². The fourth-order valence-electron chi connectivity index (χ4n) is 0.887. The Morgan fingerprint density at radius 3 is 2.36 bits per heavy atom. The average molecular weight is 200 g/mol. The van der Waals surface area contributed by atoms with E-state index >= 15 is 0 Å². The maximum atomic E-state index is 10.9. The van der Waals surface area contributed by atoms with Gasteiger partial charge >= 0.3 is 0 Å². The molecule has 78 valence electrons. The Kier molecular flexibility index (Phi) is 4.24. The predicted molar refractivity (Wildman–Crippen MR) is 46.8 cm³/mol. The number of nitrogens with two attached hydrogens (primary N) is 1. The van der Waals surface area contributed by atoms with Gasteiger partial charge in [0.15, 0.2) is 0 Å².